The first-order valence-electron chi connectivity index (χ1n) is 3.56. The van der Waals surface area contributed by atoms with E-state index >= 15 is 0 Å². The van der Waals surface area contributed by atoms with Gasteiger partial charge in [-0.05, 0) is 29.3 Å². The van der Waals surface area contributed by atoms with E-state index in [9.17, 15) is 0 Å². The van der Waals surface area contributed by atoms with Crippen LogP contribution in [-0.2, 0) is 5.41 Å². The smallest absolute Gasteiger partial charge is 0.00172 e. The Labute approximate surface area is 66.9 Å². The van der Waals surface area contributed by atoms with E-state index in [4.69, 9.17) is 0 Å². The quantitative estimate of drug-likeness (QED) is 0.537. The second-order valence-corrected chi connectivity index (χ2v) is 4.81. The van der Waals surface area contributed by atoms with Crippen molar-refractivity contribution in [1.29, 1.82) is 0 Å². The maximum atomic E-state index is 2.27. The molecule has 0 aromatic carbocycles. The maximum Gasteiger partial charge on any atom is 0.00172 e. The van der Waals surface area contributed by atoms with Gasteiger partial charge in [-0.25, -0.2) is 0 Å². The molecule has 1 aromatic heterocycles. The SMILES string of the molecule is Cc1cc(C(C)(C)C)cs1. The molecule has 0 saturated carbocycles. The van der Waals surface area contributed by atoms with E-state index in [1.54, 1.807) is 0 Å². The Balaban J connectivity index is 2.96. The molecule has 0 unspecified atom stereocenters. The Kier molecular flexibility index (Phi) is 1.86. The predicted molar refractivity (Wildman–Crippen MR) is 47.8 cm³/mol. The minimum atomic E-state index is 0.324. The predicted octanol–water partition coefficient (Wildman–Crippen LogP) is 3.35. The molecule has 0 amide bonds. The Hall–Kier alpha value is -0.300. The largest absolute Gasteiger partial charge is 0.149 e. The van der Waals surface area contributed by atoms with Crippen LogP contribution in [0, 0.1) is 6.92 Å². The molecule has 0 N–H and O–H groups in total. The summed E-state index contributed by atoms with van der Waals surface area (Å²) < 4.78 is 0. The minimum absolute atomic E-state index is 0.324. The molecular weight excluding hydrogens is 140 g/mol. The lowest BCUT2D eigenvalue weighted by Crippen LogP contribution is -2.08. The average molecular weight is 154 g/mol. The first kappa shape index (κ1) is 7.80. The standard InChI is InChI=1S/C9H14S/c1-7-5-8(6-10-7)9(2,3)4/h5-6H,1-4H3. The summed E-state index contributed by atoms with van der Waals surface area (Å²) in [5.41, 5.74) is 1.78. The van der Waals surface area contributed by atoms with Gasteiger partial charge in [-0.15, -0.1) is 11.3 Å². The van der Waals surface area contributed by atoms with E-state index in [1.165, 1.54) is 10.4 Å². The number of hydrogen-bond acceptors (Lipinski definition) is 1. The van der Waals surface area contributed by atoms with Crippen molar-refractivity contribution in [3.8, 4) is 0 Å². The summed E-state index contributed by atoms with van der Waals surface area (Å²) in [7, 11) is 0. The van der Waals surface area contributed by atoms with Crippen LogP contribution in [0.3, 0.4) is 0 Å². The molecule has 0 saturated heterocycles. The first-order chi connectivity index (χ1) is 4.50. The van der Waals surface area contributed by atoms with E-state index in [0.717, 1.165) is 0 Å². The third kappa shape index (κ3) is 1.60. The van der Waals surface area contributed by atoms with Crippen LogP contribution in [0.15, 0.2) is 11.4 Å². The van der Waals surface area contributed by atoms with E-state index in [-0.39, 0.29) is 0 Å². The van der Waals surface area contributed by atoms with Gasteiger partial charge in [0, 0.05) is 4.88 Å². The summed E-state index contributed by atoms with van der Waals surface area (Å²) in [4.78, 5) is 1.41. The highest BCUT2D eigenvalue weighted by molar-refractivity contribution is 7.10. The van der Waals surface area contributed by atoms with Gasteiger partial charge in [0.15, 0.2) is 0 Å². The van der Waals surface area contributed by atoms with Crippen LogP contribution in [-0.4, -0.2) is 0 Å². The molecule has 0 fully saturated rings. The number of hydrogen-bond donors (Lipinski definition) is 0. The molecule has 0 atom stereocenters. The van der Waals surface area contributed by atoms with Crippen LogP contribution in [0.4, 0.5) is 0 Å². The fourth-order valence-corrected chi connectivity index (χ4v) is 1.77. The number of rotatable bonds is 0. The van der Waals surface area contributed by atoms with Gasteiger partial charge in [-0.2, -0.15) is 0 Å². The molecule has 0 bridgehead atoms. The average Bonchev–Trinajstić information content (AvgIpc) is 2.11. The zero-order chi connectivity index (χ0) is 7.78. The summed E-state index contributed by atoms with van der Waals surface area (Å²) in [5, 5.41) is 2.25. The lowest BCUT2D eigenvalue weighted by Gasteiger charge is -2.15. The third-order valence-corrected chi connectivity index (χ3v) is 2.46. The molecule has 0 aliphatic heterocycles. The monoisotopic (exact) mass is 154 g/mol. The second kappa shape index (κ2) is 2.39. The second-order valence-electron chi connectivity index (χ2n) is 3.70. The zero-order valence-corrected chi connectivity index (χ0v) is 7.88. The van der Waals surface area contributed by atoms with Crippen LogP contribution in [0.5, 0.6) is 0 Å². The summed E-state index contributed by atoms with van der Waals surface area (Å²) >= 11 is 1.83. The summed E-state index contributed by atoms with van der Waals surface area (Å²) in [5.74, 6) is 0. The molecule has 1 heteroatoms. The molecule has 10 heavy (non-hydrogen) atoms. The van der Waals surface area contributed by atoms with Crippen molar-refractivity contribution in [3.63, 3.8) is 0 Å². The topological polar surface area (TPSA) is 0 Å². The summed E-state index contributed by atoms with van der Waals surface area (Å²) in [6, 6.07) is 2.27. The van der Waals surface area contributed by atoms with Gasteiger partial charge in [0.1, 0.15) is 0 Å². The van der Waals surface area contributed by atoms with Crippen molar-refractivity contribution in [1.82, 2.24) is 0 Å². The zero-order valence-electron chi connectivity index (χ0n) is 7.06. The third-order valence-electron chi connectivity index (χ3n) is 1.60. The molecule has 1 heterocycles. The summed E-state index contributed by atoms with van der Waals surface area (Å²) in [6.45, 7) is 8.89. The Morgan fingerprint density at radius 3 is 2.10 bits per heavy atom. The fraction of sp³-hybridized carbons (Fsp3) is 0.556. The van der Waals surface area contributed by atoms with Crippen LogP contribution < -0.4 is 0 Å². The molecule has 1 aromatic rings. The van der Waals surface area contributed by atoms with Gasteiger partial charge < -0.3 is 0 Å². The van der Waals surface area contributed by atoms with Gasteiger partial charge >= 0.3 is 0 Å². The van der Waals surface area contributed by atoms with Crippen molar-refractivity contribution in [2.45, 2.75) is 33.1 Å². The highest BCUT2D eigenvalue weighted by Crippen LogP contribution is 2.26. The normalized spacial score (nSPS) is 12.0. The lowest BCUT2D eigenvalue weighted by atomic mass is 9.89. The van der Waals surface area contributed by atoms with Gasteiger partial charge in [-0.1, -0.05) is 20.8 Å². The van der Waals surface area contributed by atoms with Gasteiger partial charge in [-0.3, -0.25) is 0 Å². The van der Waals surface area contributed by atoms with E-state index in [1.807, 2.05) is 11.3 Å². The van der Waals surface area contributed by atoms with Crippen molar-refractivity contribution >= 4 is 11.3 Å². The minimum Gasteiger partial charge on any atom is -0.149 e. The van der Waals surface area contributed by atoms with Crippen molar-refractivity contribution < 1.29 is 0 Å². The van der Waals surface area contributed by atoms with E-state index < -0.39 is 0 Å². The molecule has 0 aliphatic rings. The lowest BCUT2D eigenvalue weighted by molar-refractivity contribution is 0.592. The molecular formula is C9H14S. The molecule has 0 nitrogen and oxygen atoms in total. The highest BCUT2D eigenvalue weighted by atomic mass is 32.1. The molecule has 0 radical (unpaired) electrons. The number of aryl methyl sites for hydroxylation is 1. The molecule has 56 valence electrons. The Morgan fingerprint density at radius 2 is 1.90 bits per heavy atom. The van der Waals surface area contributed by atoms with Gasteiger partial charge in [0.2, 0.25) is 0 Å². The first-order valence-corrected chi connectivity index (χ1v) is 4.44. The van der Waals surface area contributed by atoms with Crippen molar-refractivity contribution in [2.75, 3.05) is 0 Å². The van der Waals surface area contributed by atoms with Crippen LogP contribution in [0.2, 0.25) is 0 Å². The molecule has 1 rings (SSSR count). The van der Waals surface area contributed by atoms with Crippen LogP contribution in [0.25, 0.3) is 0 Å². The van der Waals surface area contributed by atoms with Crippen molar-refractivity contribution in [2.24, 2.45) is 0 Å². The molecule has 0 spiro atoms. The fourth-order valence-electron chi connectivity index (χ4n) is 0.837. The van der Waals surface area contributed by atoms with Crippen LogP contribution in [0.1, 0.15) is 31.2 Å². The molecule has 0 aliphatic carbocycles. The van der Waals surface area contributed by atoms with Gasteiger partial charge in [0.05, 0.1) is 0 Å². The summed E-state index contributed by atoms with van der Waals surface area (Å²) in [6.07, 6.45) is 0. The van der Waals surface area contributed by atoms with Gasteiger partial charge in [0.25, 0.3) is 0 Å². The number of thiophene rings is 1. The Bertz CT molecular complexity index is 215. The highest BCUT2D eigenvalue weighted by Gasteiger charge is 2.13. The van der Waals surface area contributed by atoms with Crippen molar-refractivity contribution in [3.05, 3.63) is 21.9 Å². The Morgan fingerprint density at radius 1 is 1.30 bits per heavy atom. The maximum absolute atomic E-state index is 2.27. The van der Waals surface area contributed by atoms with E-state index in [2.05, 4.69) is 39.1 Å². The van der Waals surface area contributed by atoms with Crippen LogP contribution >= 0.6 is 11.3 Å². The van der Waals surface area contributed by atoms with E-state index in [0.29, 0.717) is 5.41 Å².